The van der Waals surface area contributed by atoms with E-state index in [1.165, 1.54) is 5.56 Å². The number of nitrogens with one attached hydrogen (secondary N) is 1. The quantitative estimate of drug-likeness (QED) is 0.343. The first-order valence-corrected chi connectivity index (χ1v) is 15.3. The molecule has 5 rings (SSSR count). The van der Waals surface area contributed by atoms with E-state index in [1.807, 2.05) is 17.5 Å². The number of benzene rings is 2. The highest BCUT2D eigenvalue weighted by molar-refractivity contribution is 7.07. The number of ether oxygens (including phenoxy) is 3. The second kappa shape index (κ2) is 13.7. The summed E-state index contributed by atoms with van der Waals surface area (Å²) in [7, 11) is 3.14. The van der Waals surface area contributed by atoms with Crippen molar-refractivity contribution in [1.29, 1.82) is 0 Å². The van der Waals surface area contributed by atoms with Gasteiger partial charge in [0.15, 0.2) is 11.5 Å². The number of nitrogens with zero attached hydrogens (tertiary/aromatic N) is 2. The van der Waals surface area contributed by atoms with Gasteiger partial charge in [0.05, 0.1) is 20.8 Å². The molecule has 1 N–H and O–H groups in total. The van der Waals surface area contributed by atoms with Crippen molar-refractivity contribution < 1.29 is 28.6 Å². The molecule has 2 fully saturated rings. The molecule has 2 aliphatic heterocycles. The average Bonchev–Trinajstić information content (AvgIpc) is 3.64. The average molecular weight is 592 g/mol. The smallest absolute Gasteiger partial charge is 0.254 e. The fourth-order valence-corrected chi connectivity index (χ4v) is 6.19. The third kappa shape index (κ3) is 6.70. The summed E-state index contributed by atoms with van der Waals surface area (Å²) in [6.07, 6.45) is 4.37. The predicted molar refractivity (Wildman–Crippen MR) is 162 cm³/mol. The molecular weight excluding hydrogens is 554 g/mol. The topological polar surface area (TPSA) is 97.4 Å². The van der Waals surface area contributed by atoms with Crippen LogP contribution >= 0.6 is 11.3 Å². The van der Waals surface area contributed by atoms with E-state index in [-0.39, 0.29) is 24.3 Å². The molecule has 9 nitrogen and oxygen atoms in total. The predicted octanol–water partition coefficient (Wildman–Crippen LogP) is 4.82. The maximum absolute atomic E-state index is 14.0. The number of rotatable bonds is 11. The van der Waals surface area contributed by atoms with Crippen LogP contribution in [0.25, 0.3) is 0 Å². The fourth-order valence-electron chi connectivity index (χ4n) is 5.49. The summed E-state index contributed by atoms with van der Waals surface area (Å²) in [5.41, 5.74) is 3.18. The summed E-state index contributed by atoms with van der Waals surface area (Å²) >= 11 is 1.65. The Bertz CT molecular complexity index is 1370. The van der Waals surface area contributed by atoms with E-state index >= 15 is 0 Å². The van der Waals surface area contributed by atoms with Crippen molar-refractivity contribution in [2.75, 3.05) is 38.8 Å². The van der Waals surface area contributed by atoms with Gasteiger partial charge in [0.25, 0.3) is 5.91 Å². The number of methoxy groups -OCH3 is 2. The Balaban J connectivity index is 1.41. The van der Waals surface area contributed by atoms with Gasteiger partial charge in [-0.3, -0.25) is 14.4 Å². The van der Waals surface area contributed by atoms with Crippen molar-refractivity contribution in [3.05, 3.63) is 69.9 Å². The monoisotopic (exact) mass is 591 g/mol. The maximum atomic E-state index is 14.0. The Morgan fingerprint density at radius 2 is 1.79 bits per heavy atom. The van der Waals surface area contributed by atoms with E-state index < -0.39 is 6.04 Å². The van der Waals surface area contributed by atoms with Crippen LogP contribution in [0.3, 0.4) is 0 Å². The summed E-state index contributed by atoms with van der Waals surface area (Å²) < 4.78 is 17.5. The van der Waals surface area contributed by atoms with E-state index in [4.69, 9.17) is 14.2 Å². The molecule has 2 saturated heterocycles. The number of amides is 3. The van der Waals surface area contributed by atoms with Gasteiger partial charge in [-0.15, -0.1) is 0 Å². The Labute approximate surface area is 250 Å². The molecular formula is C32H37N3O6S. The minimum absolute atomic E-state index is 0.0904. The Hall–Kier alpha value is -4.05. The van der Waals surface area contributed by atoms with Gasteiger partial charge in [-0.25, -0.2) is 0 Å². The number of anilines is 1. The molecule has 222 valence electrons. The Morgan fingerprint density at radius 3 is 2.43 bits per heavy atom. The highest BCUT2D eigenvalue weighted by atomic mass is 32.1. The molecule has 0 radical (unpaired) electrons. The summed E-state index contributed by atoms with van der Waals surface area (Å²) in [5.74, 6) is 1.15. The third-order valence-corrected chi connectivity index (χ3v) is 8.47. The number of hydrogen-bond donors (Lipinski definition) is 1. The largest absolute Gasteiger partial charge is 0.493 e. The van der Waals surface area contributed by atoms with Gasteiger partial charge in [-0.05, 0) is 90.0 Å². The summed E-state index contributed by atoms with van der Waals surface area (Å²) in [5, 5.41) is 7.09. The lowest BCUT2D eigenvalue weighted by molar-refractivity contribution is -0.125. The minimum atomic E-state index is -0.627. The second-order valence-electron chi connectivity index (χ2n) is 10.5. The van der Waals surface area contributed by atoms with Gasteiger partial charge in [0.1, 0.15) is 6.04 Å². The van der Waals surface area contributed by atoms with Crippen molar-refractivity contribution in [2.24, 2.45) is 0 Å². The molecule has 0 unspecified atom stereocenters. The molecule has 3 aromatic rings. The standard InChI is InChI=1S/C32H37N3O6S/c1-39-27-18-23(19-28(40-2)30(27)41-16-12-22-13-17-42-21-22)20-35(26-6-3-4-14-33-31(26)37)32(38)24-8-10-25(11-9-24)34-15-5-7-29(34)36/h8-11,13,17-19,21,26H,3-7,12,14-16,20H2,1-2H3,(H,33,37)/t26-/m0/s1. The fraction of sp³-hybridized carbons (Fsp3) is 0.406. The Morgan fingerprint density at radius 1 is 1.02 bits per heavy atom. The number of carbonyl (C=O) groups excluding carboxylic acids is 3. The highest BCUT2D eigenvalue weighted by Crippen LogP contribution is 2.39. The molecule has 1 atom stereocenters. The molecule has 2 aromatic carbocycles. The van der Waals surface area contributed by atoms with E-state index in [0.717, 1.165) is 36.9 Å². The van der Waals surface area contributed by atoms with E-state index in [9.17, 15) is 14.4 Å². The van der Waals surface area contributed by atoms with Crippen LogP contribution in [0, 0.1) is 0 Å². The highest BCUT2D eigenvalue weighted by Gasteiger charge is 2.32. The molecule has 42 heavy (non-hydrogen) atoms. The molecule has 0 aliphatic carbocycles. The molecule has 0 spiro atoms. The lowest BCUT2D eigenvalue weighted by Crippen LogP contribution is -2.48. The van der Waals surface area contributed by atoms with Gasteiger partial charge in [0, 0.05) is 43.7 Å². The van der Waals surface area contributed by atoms with Crippen molar-refractivity contribution >= 4 is 34.7 Å². The third-order valence-electron chi connectivity index (χ3n) is 7.73. The van der Waals surface area contributed by atoms with Gasteiger partial charge in [0.2, 0.25) is 17.6 Å². The van der Waals surface area contributed by atoms with Crippen LogP contribution in [-0.4, -0.2) is 62.6 Å². The van der Waals surface area contributed by atoms with Gasteiger partial charge in [-0.1, -0.05) is 0 Å². The van der Waals surface area contributed by atoms with Crippen LogP contribution in [0.5, 0.6) is 17.2 Å². The van der Waals surface area contributed by atoms with E-state index in [2.05, 4.69) is 16.8 Å². The molecule has 0 bridgehead atoms. The van der Waals surface area contributed by atoms with Crippen molar-refractivity contribution in [1.82, 2.24) is 10.2 Å². The van der Waals surface area contributed by atoms with Gasteiger partial charge in [-0.2, -0.15) is 11.3 Å². The summed E-state index contributed by atoms with van der Waals surface area (Å²) in [4.78, 5) is 42.7. The van der Waals surface area contributed by atoms with E-state index in [0.29, 0.717) is 55.4 Å². The Kier molecular flexibility index (Phi) is 9.63. The van der Waals surface area contributed by atoms with Crippen LogP contribution < -0.4 is 24.4 Å². The zero-order chi connectivity index (χ0) is 29.5. The zero-order valence-electron chi connectivity index (χ0n) is 24.1. The molecule has 1 aromatic heterocycles. The zero-order valence-corrected chi connectivity index (χ0v) is 24.9. The number of carbonyl (C=O) groups is 3. The van der Waals surface area contributed by atoms with Crippen LogP contribution in [0.2, 0.25) is 0 Å². The van der Waals surface area contributed by atoms with E-state index in [1.54, 1.807) is 59.6 Å². The van der Waals surface area contributed by atoms with Gasteiger partial charge < -0.3 is 29.3 Å². The van der Waals surface area contributed by atoms with Gasteiger partial charge >= 0.3 is 0 Å². The summed E-state index contributed by atoms with van der Waals surface area (Å²) in [6.45, 7) is 1.90. The molecule has 0 saturated carbocycles. The first-order valence-electron chi connectivity index (χ1n) is 14.4. The van der Waals surface area contributed by atoms with Crippen LogP contribution in [0.1, 0.15) is 53.6 Å². The first-order chi connectivity index (χ1) is 20.5. The van der Waals surface area contributed by atoms with Crippen molar-refractivity contribution in [3.8, 4) is 17.2 Å². The number of hydrogen-bond acceptors (Lipinski definition) is 7. The molecule has 3 heterocycles. The maximum Gasteiger partial charge on any atom is 0.254 e. The van der Waals surface area contributed by atoms with Crippen molar-refractivity contribution in [2.45, 2.75) is 51.1 Å². The summed E-state index contributed by atoms with van der Waals surface area (Å²) in [6, 6.07) is 12.2. The number of thiophene rings is 1. The van der Waals surface area contributed by atoms with Crippen molar-refractivity contribution in [3.63, 3.8) is 0 Å². The molecule has 3 amide bonds. The second-order valence-corrected chi connectivity index (χ2v) is 11.3. The molecule has 2 aliphatic rings. The normalized spacial score (nSPS) is 17.0. The lowest BCUT2D eigenvalue weighted by Gasteiger charge is -2.31. The van der Waals surface area contributed by atoms with Crippen LogP contribution in [0.15, 0.2) is 53.2 Å². The lowest BCUT2D eigenvalue weighted by atomic mass is 10.0. The molecule has 10 heteroatoms. The first kappa shape index (κ1) is 29.4. The van der Waals surface area contributed by atoms with Crippen LogP contribution in [-0.2, 0) is 22.6 Å². The minimum Gasteiger partial charge on any atom is -0.493 e. The van der Waals surface area contributed by atoms with Crippen LogP contribution in [0.4, 0.5) is 5.69 Å². The SMILES string of the molecule is COc1cc(CN(C(=O)c2ccc(N3CCCC3=O)cc2)[C@H]2CCCCNC2=O)cc(OC)c1OCCc1ccsc1.